The first kappa shape index (κ1) is 18.6. The minimum Gasteiger partial charge on any atom is -0.482 e. The Morgan fingerprint density at radius 2 is 1.72 bits per heavy atom. The normalized spacial score (nSPS) is 15.4. The van der Waals surface area contributed by atoms with E-state index in [-0.39, 0.29) is 12.1 Å². The first-order chi connectivity index (χ1) is 14.0. The second kappa shape index (κ2) is 7.67. The molecule has 0 bridgehead atoms. The number of carboxylic acid groups (broad SMARTS) is 1. The van der Waals surface area contributed by atoms with Crippen LogP contribution in [0.25, 0.3) is 0 Å². The molecule has 6 nitrogen and oxygen atoms in total. The molecule has 0 radical (unpaired) electrons. The van der Waals surface area contributed by atoms with Gasteiger partial charge in [0.25, 0.3) is 5.91 Å². The van der Waals surface area contributed by atoms with Crippen molar-refractivity contribution >= 4 is 23.3 Å². The number of fused-ring (bicyclic) bond motifs is 1. The predicted octanol–water partition coefficient (Wildman–Crippen LogP) is 4.23. The van der Waals surface area contributed by atoms with Gasteiger partial charge < -0.3 is 15.2 Å². The summed E-state index contributed by atoms with van der Waals surface area (Å²) in [7, 11) is 0. The fourth-order valence-electron chi connectivity index (χ4n) is 3.35. The van der Waals surface area contributed by atoms with Crippen LogP contribution < -0.4 is 15.0 Å². The summed E-state index contributed by atoms with van der Waals surface area (Å²) >= 11 is 0. The molecule has 146 valence electrons. The number of para-hydroxylation sites is 1. The van der Waals surface area contributed by atoms with Crippen LogP contribution in [0.15, 0.2) is 72.8 Å². The van der Waals surface area contributed by atoms with E-state index in [9.17, 15) is 9.59 Å². The SMILES string of the molecule is Cc1ccc([C@H]2Nc3ccccc3C(=O)N2c2ccc(OCC(=O)O)cc2)cc1. The number of hydrogen-bond donors (Lipinski definition) is 2. The monoisotopic (exact) mass is 388 g/mol. The van der Waals surface area contributed by atoms with Gasteiger partial charge in [-0.1, -0.05) is 42.0 Å². The molecule has 0 spiro atoms. The molecule has 0 saturated heterocycles. The maximum atomic E-state index is 13.3. The number of nitrogens with one attached hydrogen (secondary N) is 1. The Kier molecular flexibility index (Phi) is 4.91. The molecule has 3 aromatic rings. The van der Waals surface area contributed by atoms with Crippen molar-refractivity contribution in [2.24, 2.45) is 0 Å². The Bertz CT molecular complexity index is 1050. The number of hydrogen-bond acceptors (Lipinski definition) is 4. The highest BCUT2D eigenvalue weighted by atomic mass is 16.5. The zero-order valence-electron chi connectivity index (χ0n) is 15.8. The first-order valence-electron chi connectivity index (χ1n) is 9.23. The lowest BCUT2D eigenvalue weighted by Crippen LogP contribution is -2.43. The van der Waals surface area contributed by atoms with E-state index in [0.29, 0.717) is 17.0 Å². The number of aliphatic carboxylic acids is 1. The van der Waals surface area contributed by atoms with Gasteiger partial charge >= 0.3 is 5.97 Å². The molecule has 0 aromatic heterocycles. The quantitative estimate of drug-likeness (QED) is 0.684. The van der Waals surface area contributed by atoms with Gasteiger partial charge in [-0.2, -0.15) is 0 Å². The number of carboxylic acids is 1. The molecule has 6 heteroatoms. The lowest BCUT2D eigenvalue weighted by Gasteiger charge is -2.38. The number of carbonyl (C=O) groups is 2. The van der Waals surface area contributed by atoms with Crippen molar-refractivity contribution in [1.82, 2.24) is 0 Å². The van der Waals surface area contributed by atoms with Gasteiger partial charge in [-0.15, -0.1) is 0 Å². The summed E-state index contributed by atoms with van der Waals surface area (Å²) in [6.07, 6.45) is -0.371. The van der Waals surface area contributed by atoms with Crippen LogP contribution in [0.4, 0.5) is 11.4 Å². The van der Waals surface area contributed by atoms with Crippen LogP contribution in [0.3, 0.4) is 0 Å². The van der Waals surface area contributed by atoms with Gasteiger partial charge in [0.15, 0.2) is 6.61 Å². The third-order valence-electron chi connectivity index (χ3n) is 4.80. The van der Waals surface area contributed by atoms with E-state index in [1.807, 2.05) is 49.4 Å². The molecule has 0 aliphatic carbocycles. The molecule has 3 aromatic carbocycles. The topological polar surface area (TPSA) is 78.9 Å². The highest BCUT2D eigenvalue weighted by molar-refractivity contribution is 6.12. The van der Waals surface area contributed by atoms with Crippen LogP contribution in [0, 0.1) is 6.92 Å². The zero-order valence-corrected chi connectivity index (χ0v) is 15.8. The van der Waals surface area contributed by atoms with Crippen LogP contribution in [-0.2, 0) is 4.79 Å². The average molecular weight is 388 g/mol. The van der Waals surface area contributed by atoms with E-state index in [2.05, 4.69) is 5.32 Å². The molecule has 0 saturated carbocycles. The number of anilines is 2. The van der Waals surface area contributed by atoms with Gasteiger partial charge in [0, 0.05) is 11.4 Å². The van der Waals surface area contributed by atoms with Gasteiger partial charge in [-0.3, -0.25) is 9.69 Å². The molecule has 2 N–H and O–H groups in total. The first-order valence-corrected chi connectivity index (χ1v) is 9.23. The standard InChI is InChI=1S/C23H20N2O4/c1-15-6-8-16(9-7-15)22-24-20-5-3-2-4-19(20)23(28)25(22)17-10-12-18(13-11-17)29-14-21(26)27/h2-13,22,24H,14H2,1H3,(H,26,27)/t22-/m0/s1. The average Bonchev–Trinajstić information content (AvgIpc) is 2.73. The van der Waals surface area contributed by atoms with Crippen LogP contribution in [-0.4, -0.2) is 23.6 Å². The van der Waals surface area contributed by atoms with E-state index < -0.39 is 12.6 Å². The maximum Gasteiger partial charge on any atom is 0.341 e. The molecular formula is C23H20N2O4. The molecule has 1 aliphatic heterocycles. The molecule has 0 fully saturated rings. The van der Waals surface area contributed by atoms with Gasteiger partial charge in [0.2, 0.25) is 0 Å². The Morgan fingerprint density at radius 1 is 1.03 bits per heavy atom. The summed E-state index contributed by atoms with van der Waals surface area (Å²) in [5.74, 6) is -0.717. The molecule has 1 amide bonds. The maximum absolute atomic E-state index is 13.3. The second-order valence-corrected chi connectivity index (χ2v) is 6.85. The summed E-state index contributed by atoms with van der Waals surface area (Å²) < 4.78 is 5.20. The number of nitrogens with zero attached hydrogens (tertiary/aromatic N) is 1. The van der Waals surface area contributed by atoms with E-state index >= 15 is 0 Å². The second-order valence-electron chi connectivity index (χ2n) is 6.85. The summed E-state index contributed by atoms with van der Waals surface area (Å²) in [6, 6.07) is 22.3. The summed E-state index contributed by atoms with van der Waals surface area (Å²) in [4.78, 5) is 25.7. The van der Waals surface area contributed by atoms with Gasteiger partial charge in [0.05, 0.1) is 5.56 Å². The van der Waals surface area contributed by atoms with Gasteiger partial charge in [-0.25, -0.2) is 4.79 Å². The Labute approximate surface area is 168 Å². The van der Waals surface area contributed by atoms with Gasteiger partial charge in [-0.05, 0) is 48.9 Å². The summed E-state index contributed by atoms with van der Waals surface area (Å²) in [6.45, 7) is 1.61. The highest BCUT2D eigenvalue weighted by Crippen LogP contribution is 2.37. The van der Waals surface area contributed by atoms with Crippen LogP contribution >= 0.6 is 0 Å². The predicted molar refractivity (Wildman–Crippen MR) is 110 cm³/mol. The van der Waals surface area contributed by atoms with Crippen molar-refractivity contribution in [2.75, 3.05) is 16.8 Å². The Morgan fingerprint density at radius 3 is 2.41 bits per heavy atom. The molecule has 29 heavy (non-hydrogen) atoms. The number of ether oxygens (including phenoxy) is 1. The van der Waals surface area contributed by atoms with Crippen LogP contribution in [0.1, 0.15) is 27.7 Å². The third kappa shape index (κ3) is 3.78. The van der Waals surface area contributed by atoms with E-state index in [4.69, 9.17) is 9.84 Å². The number of benzene rings is 3. The smallest absolute Gasteiger partial charge is 0.341 e. The fraction of sp³-hybridized carbons (Fsp3) is 0.130. The third-order valence-corrected chi connectivity index (χ3v) is 4.80. The summed E-state index contributed by atoms with van der Waals surface area (Å²) in [5, 5.41) is 12.2. The lowest BCUT2D eigenvalue weighted by molar-refractivity contribution is -0.139. The highest BCUT2D eigenvalue weighted by Gasteiger charge is 2.33. The molecule has 4 rings (SSSR count). The summed E-state index contributed by atoms with van der Waals surface area (Å²) in [5.41, 5.74) is 4.18. The number of aryl methyl sites for hydroxylation is 1. The Balaban J connectivity index is 1.72. The molecule has 1 heterocycles. The van der Waals surface area contributed by atoms with Crippen molar-refractivity contribution in [3.05, 3.63) is 89.5 Å². The minimum atomic E-state index is -1.04. The number of rotatable bonds is 5. The fourth-order valence-corrected chi connectivity index (χ4v) is 3.35. The molecule has 1 atom stereocenters. The molecular weight excluding hydrogens is 368 g/mol. The van der Waals surface area contributed by atoms with Crippen LogP contribution in [0.5, 0.6) is 5.75 Å². The molecule has 0 unspecified atom stereocenters. The lowest BCUT2D eigenvalue weighted by atomic mass is 10.0. The number of carbonyl (C=O) groups excluding carboxylic acids is 1. The minimum absolute atomic E-state index is 0.107. The van der Waals surface area contributed by atoms with E-state index in [1.165, 1.54) is 0 Å². The molecule has 1 aliphatic rings. The van der Waals surface area contributed by atoms with E-state index in [0.717, 1.165) is 16.8 Å². The van der Waals surface area contributed by atoms with Crippen molar-refractivity contribution < 1.29 is 19.4 Å². The van der Waals surface area contributed by atoms with Crippen molar-refractivity contribution in [2.45, 2.75) is 13.1 Å². The van der Waals surface area contributed by atoms with Gasteiger partial charge in [0.1, 0.15) is 11.9 Å². The van der Waals surface area contributed by atoms with Crippen molar-refractivity contribution in [3.8, 4) is 5.75 Å². The number of amides is 1. The van der Waals surface area contributed by atoms with Crippen molar-refractivity contribution in [3.63, 3.8) is 0 Å². The van der Waals surface area contributed by atoms with Crippen LogP contribution in [0.2, 0.25) is 0 Å². The largest absolute Gasteiger partial charge is 0.482 e. The zero-order chi connectivity index (χ0) is 20.4. The van der Waals surface area contributed by atoms with E-state index in [1.54, 1.807) is 35.2 Å². The Hall–Kier alpha value is -3.80. The van der Waals surface area contributed by atoms with Crippen molar-refractivity contribution in [1.29, 1.82) is 0 Å².